The van der Waals surface area contributed by atoms with Crippen LogP contribution >= 0.6 is 0 Å². The molecule has 5 nitrogen and oxygen atoms in total. The molecule has 2 heterocycles. The fraction of sp³-hybridized carbons (Fsp3) is 0.600. The Morgan fingerprint density at radius 1 is 1.04 bits per heavy atom. The van der Waals surface area contributed by atoms with Gasteiger partial charge in [-0.1, -0.05) is 30.3 Å². The van der Waals surface area contributed by atoms with E-state index in [1.807, 2.05) is 4.90 Å². The summed E-state index contributed by atoms with van der Waals surface area (Å²) in [5, 5.41) is 0. The Hall–Kier alpha value is -1.88. The molecular weight excluding hydrogens is 314 g/mol. The van der Waals surface area contributed by atoms with Crippen LogP contribution in [0.3, 0.4) is 0 Å². The lowest BCUT2D eigenvalue weighted by Gasteiger charge is -2.33. The van der Waals surface area contributed by atoms with Crippen molar-refractivity contribution in [1.82, 2.24) is 9.80 Å². The molecule has 25 heavy (non-hydrogen) atoms. The third kappa shape index (κ3) is 5.05. The molecule has 0 saturated carbocycles. The summed E-state index contributed by atoms with van der Waals surface area (Å²) in [4.78, 5) is 27.8. The Labute approximate surface area is 150 Å². The van der Waals surface area contributed by atoms with E-state index >= 15 is 0 Å². The van der Waals surface area contributed by atoms with E-state index in [-0.39, 0.29) is 17.7 Å². The minimum absolute atomic E-state index is 0.0866. The van der Waals surface area contributed by atoms with Crippen LogP contribution in [0, 0.1) is 11.8 Å². The standard InChI is InChI=1S/C20H29N3O2/c21-20(25)18-10-11-22(14-18)15-19(24)23-12-8-17(9-13-23)7-6-16-4-2-1-3-5-16/h1-5,17-18H,6-15H2,(H2,21,25). The van der Waals surface area contributed by atoms with Gasteiger partial charge in [0.2, 0.25) is 11.8 Å². The summed E-state index contributed by atoms with van der Waals surface area (Å²) >= 11 is 0. The molecule has 0 bridgehead atoms. The van der Waals surface area contributed by atoms with Crippen molar-refractivity contribution < 1.29 is 9.59 Å². The van der Waals surface area contributed by atoms with Crippen molar-refractivity contribution in [3.05, 3.63) is 35.9 Å². The maximum atomic E-state index is 12.5. The number of piperidine rings is 1. The number of likely N-dealkylation sites (tertiary alicyclic amines) is 2. The van der Waals surface area contributed by atoms with E-state index in [4.69, 9.17) is 5.73 Å². The van der Waals surface area contributed by atoms with Gasteiger partial charge in [-0.3, -0.25) is 14.5 Å². The molecule has 0 spiro atoms. The monoisotopic (exact) mass is 343 g/mol. The first-order valence-electron chi connectivity index (χ1n) is 9.45. The molecule has 136 valence electrons. The summed E-state index contributed by atoms with van der Waals surface area (Å²) in [6.07, 6.45) is 5.31. The molecular formula is C20H29N3O2. The van der Waals surface area contributed by atoms with Crippen molar-refractivity contribution in [3.8, 4) is 0 Å². The summed E-state index contributed by atoms with van der Waals surface area (Å²) in [5.41, 5.74) is 6.76. The molecule has 1 aromatic carbocycles. The first-order chi connectivity index (χ1) is 12.1. The predicted molar refractivity (Wildman–Crippen MR) is 97.8 cm³/mol. The third-order valence-electron chi connectivity index (χ3n) is 5.68. The fourth-order valence-electron chi connectivity index (χ4n) is 3.99. The van der Waals surface area contributed by atoms with Crippen molar-refractivity contribution in [3.63, 3.8) is 0 Å². The zero-order valence-electron chi connectivity index (χ0n) is 14.9. The Morgan fingerprint density at radius 2 is 1.76 bits per heavy atom. The number of nitrogens with zero attached hydrogens (tertiary/aromatic N) is 2. The molecule has 2 aliphatic heterocycles. The minimum Gasteiger partial charge on any atom is -0.369 e. The number of primary amides is 1. The van der Waals surface area contributed by atoms with Gasteiger partial charge >= 0.3 is 0 Å². The summed E-state index contributed by atoms with van der Waals surface area (Å²) in [6, 6.07) is 10.6. The van der Waals surface area contributed by atoms with Gasteiger partial charge in [-0.15, -0.1) is 0 Å². The molecule has 2 saturated heterocycles. The maximum absolute atomic E-state index is 12.5. The summed E-state index contributed by atoms with van der Waals surface area (Å²) < 4.78 is 0. The van der Waals surface area contributed by atoms with Crippen LogP contribution in [0.2, 0.25) is 0 Å². The SMILES string of the molecule is NC(=O)C1CCN(CC(=O)N2CCC(CCc3ccccc3)CC2)C1. The maximum Gasteiger partial charge on any atom is 0.236 e. The van der Waals surface area contributed by atoms with Crippen LogP contribution in [0.25, 0.3) is 0 Å². The molecule has 1 atom stereocenters. The lowest BCUT2D eigenvalue weighted by Crippen LogP contribution is -2.44. The highest BCUT2D eigenvalue weighted by atomic mass is 16.2. The van der Waals surface area contributed by atoms with E-state index in [0.29, 0.717) is 13.1 Å². The van der Waals surface area contributed by atoms with Crippen LogP contribution in [0.5, 0.6) is 0 Å². The average molecular weight is 343 g/mol. The van der Waals surface area contributed by atoms with E-state index in [0.717, 1.165) is 51.2 Å². The molecule has 0 aliphatic carbocycles. The van der Waals surface area contributed by atoms with Gasteiger partial charge in [0, 0.05) is 19.6 Å². The highest BCUT2D eigenvalue weighted by molar-refractivity contribution is 5.79. The Bertz CT molecular complexity index is 582. The van der Waals surface area contributed by atoms with Gasteiger partial charge in [-0.05, 0) is 50.1 Å². The van der Waals surface area contributed by atoms with Crippen molar-refractivity contribution in [2.75, 3.05) is 32.7 Å². The number of benzene rings is 1. The first-order valence-corrected chi connectivity index (χ1v) is 9.45. The van der Waals surface area contributed by atoms with E-state index in [2.05, 4.69) is 35.2 Å². The molecule has 1 unspecified atom stereocenters. The predicted octanol–water partition coefficient (Wildman–Crippen LogP) is 1.66. The highest BCUT2D eigenvalue weighted by Crippen LogP contribution is 2.23. The van der Waals surface area contributed by atoms with Crippen LogP contribution in [-0.4, -0.2) is 54.3 Å². The Kier molecular flexibility index (Phi) is 6.08. The van der Waals surface area contributed by atoms with Crippen molar-refractivity contribution >= 4 is 11.8 Å². The highest BCUT2D eigenvalue weighted by Gasteiger charge is 2.30. The lowest BCUT2D eigenvalue weighted by atomic mass is 9.90. The van der Waals surface area contributed by atoms with Gasteiger partial charge in [0.15, 0.2) is 0 Å². The second kappa shape index (κ2) is 8.48. The van der Waals surface area contributed by atoms with Crippen molar-refractivity contribution in [2.24, 2.45) is 17.6 Å². The van der Waals surface area contributed by atoms with Crippen LogP contribution in [0.4, 0.5) is 0 Å². The zero-order valence-corrected chi connectivity index (χ0v) is 14.9. The van der Waals surface area contributed by atoms with E-state index in [1.165, 1.54) is 12.0 Å². The second-order valence-corrected chi connectivity index (χ2v) is 7.47. The largest absolute Gasteiger partial charge is 0.369 e. The van der Waals surface area contributed by atoms with Gasteiger partial charge in [-0.25, -0.2) is 0 Å². The molecule has 1 aromatic rings. The molecule has 2 N–H and O–H groups in total. The van der Waals surface area contributed by atoms with Crippen molar-refractivity contribution in [2.45, 2.75) is 32.1 Å². The third-order valence-corrected chi connectivity index (χ3v) is 5.68. The van der Waals surface area contributed by atoms with Crippen LogP contribution < -0.4 is 5.73 Å². The summed E-state index contributed by atoms with van der Waals surface area (Å²) in [5.74, 6) is 0.590. The van der Waals surface area contributed by atoms with Gasteiger partial charge in [0.1, 0.15) is 0 Å². The fourth-order valence-corrected chi connectivity index (χ4v) is 3.99. The molecule has 5 heteroatoms. The average Bonchev–Trinajstić information content (AvgIpc) is 3.10. The second-order valence-electron chi connectivity index (χ2n) is 7.47. The number of hydrogen-bond acceptors (Lipinski definition) is 3. The lowest BCUT2D eigenvalue weighted by molar-refractivity contribution is -0.134. The topological polar surface area (TPSA) is 66.6 Å². The summed E-state index contributed by atoms with van der Waals surface area (Å²) in [7, 11) is 0. The number of aryl methyl sites for hydroxylation is 1. The van der Waals surface area contributed by atoms with Gasteiger partial charge < -0.3 is 10.6 Å². The molecule has 3 rings (SSSR count). The van der Waals surface area contributed by atoms with Crippen LogP contribution in [-0.2, 0) is 16.0 Å². The summed E-state index contributed by atoms with van der Waals surface area (Å²) in [6.45, 7) is 3.59. The number of nitrogens with two attached hydrogens (primary N) is 1. The van der Waals surface area contributed by atoms with E-state index in [9.17, 15) is 9.59 Å². The first kappa shape index (κ1) is 17.9. The minimum atomic E-state index is -0.242. The number of amides is 2. The smallest absolute Gasteiger partial charge is 0.236 e. The normalized spacial score (nSPS) is 22.2. The van der Waals surface area contributed by atoms with Crippen molar-refractivity contribution in [1.29, 1.82) is 0 Å². The molecule has 0 radical (unpaired) electrons. The van der Waals surface area contributed by atoms with Crippen LogP contribution in [0.1, 0.15) is 31.2 Å². The number of rotatable bonds is 6. The molecule has 2 fully saturated rings. The number of carbonyl (C=O) groups is 2. The Balaban J connectivity index is 1.37. The van der Waals surface area contributed by atoms with Gasteiger partial charge in [-0.2, -0.15) is 0 Å². The number of carbonyl (C=O) groups excluding carboxylic acids is 2. The quantitative estimate of drug-likeness (QED) is 0.854. The van der Waals surface area contributed by atoms with Gasteiger partial charge in [0.25, 0.3) is 0 Å². The van der Waals surface area contributed by atoms with E-state index < -0.39 is 0 Å². The molecule has 2 amide bonds. The van der Waals surface area contributed by atoms with Gasteiger partial charge in [0.05, 0.1) is 12.5 Å². The molecule has 0 aromatic heterocycles. The number of hydrogen-bond donors (Lipinski definition) is 1. The van der Waals surface area contributed by atoms with Crippen LogP contribution in [0.15, 0.2) is 30.3 Å². The zero-order chi connectivity index (χ0) is 17.6. The molecule has 2 aliphatic rings. The Morgan fingerprint density at radius 3 is 2.40 bits per heavy atom. The van der Waals surface area contributed by atoms with E-state index in [1.54, 1.807) is 0 Å².